The second-order valence-electron chi connectivity index (χ2n) is 17.2. The van der Waals surface area contributed by atoms with Crippen LogP contribution in [0.5, 0.6) is 0 Å². The van der Waals surface area contributed by atoms with Crippen molar-refractivity contribution in [3.8, 4) is 0 Å². The molecule has 5 aliphatic heterocycles. The van der Waals surface area contributed by atoms with Gasteiger partial charge in [-0.2, -0.15) is 59.2 Å². The first-order chi connectivity index (χ1) is 30.8. The standard InChI is InChI=1S/C8H15BN5.C8H15N5.C7H13N5.C6H12BrN.C6H13NO.C2H6B.C2H4N4.2CH4.4H3P/c1-7-10-12-14(11-7)8-4-3-5-13(6-8)9-2;1-7-9-11-13(10-7)8-4-3-5-12(2)6-8;1-6-9-11-12(10-6)7-3-2-4-8-5-7;1-8-4-2-3-6(7)5-8;1-7-4-2-3-6(8)5-7;1-3-2;1-2-3-5-6-4-2;;;;;;/h8H,3-6H2,1-2H3;8H,3-6H2,1-2H3;7-8H,2-5H2,1H3;6H,2-5H2,1H3;6,8H,2-5H2,1H3;1-2H3;1H3,(H,3,4,5,6);2*1H4;4*1H3. The molecule has 9 atom stereocenters. The number of nitrogens with zero attached hydrogens (tertiary/aromatic N) is 19. The van der Waals surface area contributed by atoms with Crippen molar-refractivity contribution in [3.05, 3.63) is 23.3 Å². The van der Waals surface area contributed by atoms with Crippen LogP contribution in [0.15, 0.2) is 0 Å². The molecule has 5 aliphatic rings. The van der Waals surface area contributed by atoms with E-state index in [4.69, 9.17) is 5.11 Å². The minimum atomic E-state index is -0.0613. The molecule has 5 saturated heterocycles. The minimum Gasteiger partial charge on any atom is -0.392 e. The summed E-state index contributed by atoms with van der Waals surface area (Å²) in [6.45, 7) is 24.4. The van der Waals surface area contributed by atoms with Crippen molar-refractivity contribution in [2.75, 3.05) is 86.6 Å². The Morgan fingerprint density at radius 2 is 1.00 bits per heavy atom. The molecule has 0 aliphatic carbocycles. The fourth-order valence-corrected chi connectivity index (χ4v) is 8.40. The molecular weight excluding hydrogens is 1030 g/mol. The highest BCUT2D eigenvalue weighted by Gasteiger charge is 2.23. The lowest BCUT2D eigenvalue weighted by atomic mass is 9.88. The predicted molar refractivity (Wildman–Crippen MR) is 312 cm³/mol. The summed E-state index contributed by atoms with van der Waals surface area (Å²) in [5.41, 5.74) is 0. The number of hydrogen-bond donors (Lipinski definition) is 3. The largest absolute Gasteiger partial charge is 0.392 e. The number of aliphatic hydroxyl groups is 1. The highest BCUT2D eigenvalue weighted by atomic mass is 79.9. The number of likely N-dealkylation sites (tertiary alicyclic amines) is 3. The van der Waals surface area contributed by atoms with Gasteiger partial charge in [0.2, 0.25) is 7.41 Å². The molecule has 29 heteroatoms. The zero-order valence-electron chi connectivity index (χ0n) is 43.3. The Morgan fingerprint density at radius 1 is 0.557 bits per heavy atom. The summed E-state index contributed by atoms with van der Waals surface area (Å²) >= 11 is 3.59. The Bertz CT molecular complexity index is 1710. The Morgan fingerprint density at radius 3 is 1.33 bits per heavy atom. The third kappa shape index (κ3) is 31.8. The molecule has 0 saturated carbocycles. The molecule has 406 valence electrons. The number of tetrazole rings is 4. The van der Waals surface area contributed by atoms with Crippen LogP contribution in [0, 0.1) is 27.7 Å². The molecule has 0 aromatic carbocycles. The SMILES string of the molecule is C.C.CN1CCCC(Br)C1.CN1CCCC(O)C1.C[B]C.C[B]N1CCCC(n2nnc(C)n2)C1.Cc1nn[nH]n1.Cc1nnn(C2CCCN(C)C2)n1.Cc1nnn(C2CCCNC2)n1.P.P.P.P. The second-order valence-corrected chi connectivity index (χ2v) is 18.5. The van der Waals surface area contributed by atoms with Crippen molar-refractivity contribution >= 4 is 70.2 Å². The van der Waals surface area contributed by atoms with Crippen LogP contribution in [0.2, 0.25) is 20.5 Å². The van der Waals surface area contributed by atoms with Gasteiger partial charge in [-0.15, -0.1) is 40.8 Å². The summed E-state index contributed by atoms with van der Waals surface area (Å²) in [6, 6.07) is 1.21. The Hall–Kier alpha value is -1.63. The predicted octanol–water partition coefficient (Wildman–Crippen LogP) is 3.79. The molecule has 4 aromatic rings. The molecule has 0 spiro atoms. The van der Waals surface area contributed by atoms with Gasteiger partial charge in [-0.1, -0.05) is 56.5 Å². The van der Waals surface area contributed by atoms with Crippen LogP contribution in [0.3, 0.4) is 0 Å². The van der Waals surface area contributed by atoms with E-state index in [1.165, 1.54) is 58.2 Å². The second kappa shape index (κ2) is 43.7. The number of halogens is 1. The number of aryl methyl sites for hydroxylation is 4. The molecule has 5 fully saturated rings. The van der Waals surface area contributed by atoms with Gasteiger partial charge in [0.05, 0.1) is 24.2 Å². The van der Waals surface area contributed by atoms with Crippen LogP contribution in [0.4, 0.5) is 0 Å². The van der Waals surface area contributed by atoms with Crippen molar-refractivity contribution in [2.45, 2.75) is 156 Å². The van der Waals surface area contributed by atoms with E-state index in [9.17, 15) is 0 Å². The van der Waals surface area contributed by atoms with E-state index in [1.807, 2.05) is 48.7 Å². The van der Waals surface area contributed by atoms with Gasteiger partial charge in [-0.25, -0.2) is 0 Å². The molecule has 9 unspecified atom stereocenters. The number of β-amino-alcohol motifs (C(OH)–C–C–N with tert-alkyl or cyclic N) is 1. The number of H-pyrrole nitrogens is 1. The highest BCUT2D eigenvalue weighted by molar-refractivity contribution is 9.09. The van der Waals surface area contributed by atoms with Crippen molar-refractivity contribution in [1.82, 2.24) is 106 Å². The summed E-state index contributed by atoms with van der Waals surface area (Å²) in [4.78, 5) is 15.1. The number of aromatic amines is 1. The molecule has 9 heterocycles. The lowest BCUT2D eigenvalue weighted by Gasteiger charge is -2.30. The van der Waals surface area contributed by atoms with Gasteiger partial charge in [0.15, 0.2) is 23.3 Å². The summed E-state index contributed by atoms with van der Waals surface area (Å²) in [7, 11) is 10.5. The van der Waals surface area contributed by atoms with Crippen molar-refractivity contribution in [3.63, 3.8) is 0 Å². The van der Waals surface area contributed by atoms with Crippen molar-refractivity contribution < 1.29 is 5.11 Å². The van der Waals surface area contributed by atoms with Crippen molar-refractivity contribution in [1.29, 1.82) is 0 Å². The van der Waals surface area contributed by atoms with E-state index in [0.29, 0.717) is 23.9 Å². The van der Waals surface area contributed by atoms with Gasteiger partial charge in [0.25, 0.3) is 0 Å². The molecule has 2 radical (unpaired) electrons. The van der Waals surface area contributed by atoms with Gasteiger partial charge >= 0.3 is 0 Å². The highest BCUT2D eigenvalue weighted by Crippen LogP contribution is 2.20. The number of piperidine rings is 5. The first-order valence-electron chi connectivity index (χ1n) is 23.1. The van der Waals surface area contributed by atoms with Crippen LogP contribution in [-0.4, -0.2) is 218 Å². The van der Waals surface area contributed by atoms with Crippen LogP contribution in [0.25, 0.3) is 0 Å². The molecular formula is C41H98B2BrN21OP4. The summed E-state index contributed by atoms with van der Waals surface area (Å²) < 4.78 is 0. The zero-order valence-corrected chi connectivity index (χ0v) is 50.6. The number of aromatic nitrogens is 16. The summed E-state index contributed by atoms with van der Waals surface area (Å²) in [5.74, 6) is 2.94. The number of rotatable bonds is 4. The van der Waals surface area contributed by atoms with Gasteiger partial charge in [-0.05, 0) is 161 Å². The van der Waals surface area contributed by atoms with Crippen LogP contribution in [-0.2, 0) is 0 Å². The fourth-order valence-electron chi connectivity index (χ4n) is 7.58. The van der Waals surface area contributed by atoms with E-state index in [0.717, 1.165) is 93.8 Å². The maximum atomic E-state index is 9.04. The smallest absolute Gasteiger partial charge is 0.205 e. The minimum absolute atomic E-state index is 0. The normalized spacial score (nSPS) is 22.0. The first-order valence-corrected chi connectivity index (χ1v) is 24.1. The number of nitrogens with one attached hydrogen (secondary N) is 2. The van der Waals surface area contributed by atoms with Crippen molar-refractivity contribution in [2.24, 2.45) is 0 Å². The number of aliphatic hydroxyl groups excluding tert-OH is 1. The quantitative estimate of drug-likeness (QED) is 0.150. The Balaban J connectivity index is -0.000000369. The summed E-state index contributed by atoms with van der Waals surface area (Å²) in [6.07, 6.45) is 11.9. The van der Waals surface area contributed by atoms with Crippen LogP contribution >= 0.6 is 55.5 Å². The third-order valence-corrected chi connectivity index (χ3v) is 11.6. The molecule has 4 aromatic heterocycles. The lowest BCUT2D eigenvalue weighted by Crippen LogP contribution is -2.38. The Labute approximate surface area is 445 Å². The third-order valence-electron chi connectivity index (χ3n) is 10.8. The van der Waals surface area contributed by atoms with E-state index >= 15 is 0 Å². The molecule has 0 amide bonds. The van der Waals surface area contributed by atoms with E-state index in [1.54, 1.807) is 21.3 Å². The number of likely N-dealkylation sites (N-methyl/N-ethyl adjacent to an activating group) is 2. The first kappa shape index (κ1) is 74.9. The lowest BCUT2D eigenvalue weighted by molar-refractivity contribution is 0.0846. The number of alkyl halides is 1. The summed E-state index contributed by atoms with van der Waals surface area (Å²) in [5, 5.41) is 61.4. The zero-order chi connectivity index (χ0) is 46.7. The molecule has 70 heavy (non-hydrogen) atoms. The average Bonchev–Trinajstić information content (AvgIpc) is 4.13. The van der Waals surface area contributed by atoms with Crippen LogP contribution < -0.4 is 5.32 Å². The average molecular weight is 1130 g/mol. The van der Waals surface area contributed by atoms with E-state index in [-0.39, 0.29) is 60.6 Å². The van der Waals surface area contributed by atoms with Gasteiger partial charge in [0, 0.05) is 37.6 Å². The fraction of sp³-hybridized carbons (Fsp3) is 0.902. The molecule has 9 rings (SSSR count). The van der Waals surface area contributed by atoms with Crippen LogP contribution in [0.1, 0.15) is 120 Å². The van der Waals surface area contributed by atoms with E-state index < -0.39 is 0 Å². The Kier molecular flexibility index (Phi) is 46.8. The molecule has 3 N–H and O–H groups in total. The maximum Gasteiger partial charge on any atom is 0.205 e. The van der Waals surface area contributed by atoms with Gasteiger partial charge in [-0.3, -0.25) is 0 Å². The topological polar surface area (TPSA) is 230 Å². The van der Waals surface area contributed by atoms with Gasteiger partial charge in [0.1, 0.15) is 7.28 Å². The monoisotopic (exact) mass is 1130 g/mol. The van der Waals surface area contributed by atoms with E-state index in [2.05, 4.69) is 136 Å². The maximum absolute atomic E-state index is 9.04. The number of hydrogen-bond acceptors (Lipinski definition) is 18. The molecule has 22 nitrogen and oxygen atoms in total. The molecule has 0 bridgehead atoms. The van der Waals surface area contributed by atoms with Gasteiger partial charge < -0.3 is 29.9 Å².